The van der Waals surface area contributed by atoms with E-state index in [1.165, 1.54) is 0 Å². The molecule has 1 saturated heterocycles. The molecule has 0 atom stereocenters. The van der Waals surface area contributed by atoms with Crippen molar-refractivity contribution in [2.75, 3.05) is 40.3 Å². The molecule has 1 aromatic rings. The molecule has 0 unspecified atom stereocenters. The van der Waals surface area contributed by atoms with E-state index in [1.54, 1.807) is 14.1 Å². The minimum absolute atomic E-state index is 0.0555. The number of carbonyl (C=O) groups excluding carboxylic acids is 1. The summed E-state index contributed by atoms with van der Waals surface area (Å²) in [6.45, 7) is 7.72. The SMILES string of the molecule is C=CCN1CCC(NC(=NC)NCCc2cccc(C(=O)NC)c2)CC1. The van der Waals surface area contributed by atoms with E-state index < -0.39 is 0 Å². The van der Waals surface area contributed by atoms with Crippen LogP contribution in [0.2, 0.25) is 0 Å². The minimum atomic E-state index is -0.0555. The van der Waals surface area contributed by atoms with Crippen LogP contribution in [0, 0.1) is 0 Å². The van der Waals surface area contributed by atoms with Crippen molar-refractivity contribution in [3.63, 3.8) is 0 Å². The van der Waals surface area contributed by atoms with Crippen LogP contribution in [0.4, 0.5) is 0 Å². The number of amides is 1. The Balaban J connectivity index is 1.76. The normalized spacial score (nSPS) is 16.2. The van der Waals surface area contributed by atoms with Crippen LogP contribution in [-0.2, 0) is 6.42 Å². The predicted octanol–water partition coefficient (Wildman–Crippen LogP) is 1.40. The summed E-state index contributed by atoms with van der Waals surface area (Å²) < 4.78 is 0. The Morgan fingerprint density at radius 1 is 1.38 bits per heavy atom. The molecule has 0 radical (unpaired) electrons. The van der Waals surface area contributed by atoms with Crippen molar-refractivity contribution in [1.82, 2.24) is 20.9 Å². The third-order valence-corrected chi connectivity index (χ3v) is 4.66. The predicted molar refractivity (Wildman–Crippen MR) is 108 cm³/mol. The number of likely N-dealkylation sites (tertiary alicyclic amines) is 1. The third kappa shape index (κ3) is 6.19. The molecule has 1 amide bonds. The average Bonchev–Trinajstić information content (AvgIpc) is 2.68. The molecular weight excluding hydrogens is 326 g/mol. The zero-order valence-electron chi connectivity index (χ0n) is 15.9. The van der Waals surface area contributed by atoms with E-state index >= 15 is 0 Å². The van der Waals surface area contributed by atoms with Gasteiger partial charge in [-0.05, 0) is 37.0 Å². The first kappa shape index (κ1) is 20.0. The molecule has 26 heavy (non-hydrogen) atoms. The van der Waals surface area contributed by atoms with Gasteiger partial charge in [0.15, 0.2) is 5.96 Å². The maximum Gasteiger partial charge on any atom is 0.251 e. The number of nitrogens with zero attached hydrogens (tertiary/aromatic N) is 2. The van der Waals surface area contributed by atoms with Gasteiger partial charge in [0, 0.05) is 51.9 Å². The van der Waals surface area contributed by atoms with Gasteiger partial charge in [-0.25, -0.2) is 0 Å². The molecule has 1 aromatic carbocycles. The van der Waals surface area contributed by atoms with Crippen LogP contribution in [0.5, 0.6) is 0 Å². The first-order valence-electron chi connectivity index (χ1n) is 9.27. The lowest BCUT2D eigenvalue weighted by atomic mass is 10.1. The molecule has 6 heteroatoms. The summed E-state index contributed by atoms with van der Waals surface area (Å²) >= 11 is 0. The Labute approximate surface area is 156 Å². The summed E-state index contributed by atoms with van der Waals surface area (Å²) in [5.41, 5.74) is 1.82. The highest BCUT2D eigenvalue weighted by Gasteiger charge is 2.18. The summed E-state index contributed by atoms with van der Waals surface area (Å²) in [5.74, 6) is 0.787. The van der Waals surface area contributed by atoms with E-state index in [4.69, 9.17) is 0 Å². The van der Waals surface area contributed by atoms with Gasteiger partial charge in [0.2, 0.25) is 0 Å². The quantitative estimate of drug-likeness (QED) is 0.392. The first-order chi connectivity index (χ1) is 12.7. The van der Waals surface area contributed by atoms with E-state index in [9.17, 15) is 4.79 Å². The van der Waals surface area contributed by atoms with Crippen LogP contribution in [-0.4, -0.2) is 63.1 Å². The molecule has 0 bridgehead atoms. The second-order valence-corrected chi connectivity index (χ2v) is 6.54. The van der Waals surface area contributed by atoms with Crippen LogP contribution in [0.25, 0.3) is 0 Å². The molecule has 0 aromatic heterocycles. The molecular formula is C20H31N5O. The number of hydrogen-bond acceptors (Lipinski definition) is 3. The fourth-order valence-electron chi connectivity index (χ4n) is 3.17. The van der Waals surface area contributed by atoms with E-state index in [0.29, 0.717) is 11.6 Å². The summed E-state index contributed by atoms with van der Waals surface area (Å²) in [6.07, 6.45) is 5.03. The number of piperidine rings is 1. The molecule has 1 fully saturated rings. The zero-order chi connectivity index (χ0) is 18.8. The Morgan fingerprint density at radius 2 is 2.15 bits per heavy atom. The van der Waals surface area contributed by atoms with Crippen LogP contribution in [0.3, 0.4) is 0 Å². The monoisotopic (exact) mass is 357 g/mol. The number of rotatable bonds is 7. The van der Waals surface area contributed by atoms with Crippen molar-refractivity contribution in [2.24, 2.45) is 4.99 Å². The number of benzene rings is 1. The molecule has 1 aliphatic rings. The van der Waals surface area contributed by atoms with Gasteiger partial charge in [-0.1, -0.05) is 18.2 Å². The number of hydrogen-bond donors (Lipinski definition) is 3. The van der Waals surface area contributed by atoms with Gasteiger partial charge in [-0.15, -0.1) is 6.58 Å². The van der Waals surface area contributed by atoms with Crippen molar-refractivity contribution < 1.29 is 4.79 Å². The molecule has 3 N–H and O–H groups in total. The van der Waals surface area contributed by atoms with Crippen molar-refractivity contribution in [2.45, 2.75) is 25.3 Å². The average molecular weight is 358 g/mol. The number of carbonyl (C=O) groups is 1. The Morgan fingerprint density at radius 3 is 2.81 bits per heavy atom. The standard InChI is InChI=1S/C20H31N5O/c1-4-12-25-13-9-18(10-14-25)24-20(22-3)23-11-8-16-6-5-7-17(15-16)19(26)21-2/h4-7,15,18H,1,8-14H2,2-3H3,(H,21,26)(H2,22,23,24). The van der Waals surface area contributed by atoms with Gasteiger partial charge >= 0.3 is 0 Å². The second kappa shape index (κ2) is 10.6. The van der Waals surface area contributed by atoms with Crippen LogP contribution in [0.15, 0.2) is 41.9 Å². The van der Waals surface area contributed by atoms with Crippen molar-refractivity contribution >= 4 is 11.9 Å². The highest BCUT2D eigenvalue weighted by molar-refractivity contribution is 5.94. The van der Waals surface area contributed by atoms with Gasteiger partial charge in [-0.2, -0.15) is 0 Å². The molecule has 0 saturated carbocycles. The highest BCUT2D eigenvalue weighted by atomic mass is 16.1. The van der Waals surface area contributed by atoms with Gasteiger partial charge in [0.1, 0.15) is 0 Å². The maximum atomic E-state index is 11.7. The first-order valence-corrected chi connectivity index (χ1v) is 9.27. The Kier molecular flexibility index (Phi) is 8.15. The molecule has 0 aliphatic carbocycles. The summed E-state index contributed by atoms with van der Waals surface area (Å²) in [4.78, 5) is 18.5. The molecule has 2 rings (SSSR count). The van der Waals surface area contributed by atoms with E-state index in [2.05, 4.69) is 32.4 Å². The molecule has 142 valence electrons. The third-order valence-electron chi connectivity index (χ3n) is 4.66. The number of guanidine groups is 1. The lowest BCUT2D eigenvalue weighted by molar-refractivity contribution is 0.0963. The summed E-state index contributed by atoms with van der Waals surface area (Å²) in [7, 11) is 3.45. The van der Waals surface area contributed by atoms with Crippen LogP contribution < -0.4 is 16.0 Å². The van der Waals surface area contributed by atoms with Crippen LogP contribution >= 0.6 is 0 Å². The maximum absolute atomic E-state index is 11.7. The molecule has 6 nitrogen and oxygen atoms in total. The van der Waals surface area contributed by atoms with Gasteiger partial charge in [-0.3, -0.25) is 14.7 Å². The smallest absolute Gasteiger partial charge is 0.251 e. The number of nitrogens with one attached hydrogen (secondary N) is 3. The molecule has 1 aliphatic heterocycles. The van der Waals surface area contributed by atoms with Crippen LogP contribution in [0.1, 0.15) is 28.8 Å². The number of aliphatic imine (C=N–C) groups is 1. The van der Waals surface area contributed by atoms with Gasteiger partial charge < -0.3 is 16.0 Å². The second-order valence-electron chi connectivity index (χ2n) is 6.54. The van der Waals surface area contributed by atoms with Gasteiger partial charge in [0.25, 0.3) is 5.91 Å². The Bertz CT molecular complexity index is 620. The van der Waals surface area contributed by atoms with Crippen molar-refractivity contribution in [1.29, 1.82) is 0 Å². The topological polar surface area (TPSA) is 68.8 Å². The molecule has 1 heterocycles. The van der Waals surface area contributed by atoms with Crippen molar-refractivity contribution in [3.8, 4) is 0 Å². The Hall–Kier alpha value is -2.34. The van der Waals surface area contributed by atoms with Crippen molar-refractivity contribution in [3.05, 3.63) is 48.0 Å². The molecule has 0 spiro atoms. The summed E-state index contributed by atoms with van der Waals surface area (Å²) in [6, 6.07) is 8.18. The van der Waals surface area contributed by atoms with E-state index in [-0.39, 0.29) is 5.91 Å². The lowest BCUT2D eigenvalue weighted by Gasteiger charge is -2.32. The lowest BCUT2D eigenvalue weighted by Crippen LogP contribution is -2.49. The van der Waals surface area contributed by atoms with E-state index in [1.807, 2.05) is 30.3 Å². The highest BCUT2D eigenvalue weighted by Crippen LogP contribution is 2.10. The summed E-state index contributed by atoms with van der Waals surface area (Å²) in [5, 5.41) is 9.54. The zero-order valence-corrected chi connectivity index (χ0v) is 15.9. The minimum Gasteiger partial charge on any atom is -0.356 e. The van der Waals surface area contributed by atoms with E-state index in [0.717, 1.165) is 57.0 Å². The largest absolute Gasteiger partial charge is 0.356 e. The fraction of sp³-hybridized carbons (Fsp3) is 0.500. The van der Waals surface area contributed by atoms with Gasteiger partial charge in [0.05, 0.1) is 0 Å². The fourth-order valence-corrected chi connectivity index (χ4v) is 3.17.